The molecular weight excluding hydrogens is 414 g/mol. The van der Waals surface area contributed by atoms with Crippen LogP contribution in [0.4, 0.5) is 4.79 Å². The second kappa shape index (κ2) is 10.5. The van der Waals surface area contributed by atoms with Gasteiger partial charge in [-0.15, -0.1) is 0 Å². The van der Waals surface area contributed by atoms with Gasteiger partial charge in [0.1, 0.15) is 6.61 Å². The van der Waals surface area contributed by atoms with Crippen LogP contribution in [0.15, 0.2) is 84.9 Å². The first kappa shape index (κ1) is 22.1. The number of carboxylic acids is 1. The number of aliphatic carboxylic acids is 1. The van der Waals surface area contributed by atoms with Crippen molar-refractivity contribution in [2.24, 2.45) is 0 Å². The molecule has 0 saturated carbocycles. The van der Waals surface area contributed by atoms with Crippen molar-refractivity contribution in [3.8, 4) is 11.1 Å². The van der Waals surface area contributed by atoms with Crippen molar-refractivity contribution in [2.45, 2.75) is 12.3 Å². The number of hydrogen-bond acceptors (Lipinski definition) is 3. The Morgan fingerprint density at radius 3 is 2.06 bits per heavy atom. The summed E-state index contributed by atoms with van der Waals surface area (Å²) in [6, 6.07) is 24.0. The van der Waals surface area contributed by atoms with Crippen LogP contribution in [0.1, 0.15) is 34.6 Å². The zero-order valence-electron chi connectivity index (χ0n) is 18.1. The summed E-state index contributed by atoms with van der Waals surface area (Å²) in [5, 5.41) is 11.6. The number of nitrogens with one attached hydrogen (secondary N) is 1. The molecule has 0 saturated heterocycles. The Labute approximate surface area is 193 Å². The fourth-order valence-corrected chi connectivity index (χ4v) is 4.09. The van der Waals surface area contributed by atoms with Gasteiger partial charge in [0, 0.05) is 18.5 Å². The number of carboxylic acid groups (broad SMARTS) is 1. The van der Waals surface area contributed by atoms with Crippen LogP contribution in [-0.2, 0) is 9.53 Å². The van der Waals surface area contributed by atoms with Gasteiger partial charge in [0.25, 0.3) is 0 Å². The SMILES string of the molecule is O=C(O)/C=C/c1ccccc1C=CCCNC(=O)OCC1c2ccccc2-c2ccccc21. The lowest BCUT2D eigenvalue weighted by Crippen LogP contribution is -2.26. The molecule has 0 unspecified atom stereocenters. The average molecular weight is 440 g/mol. The molecule has 0 radical (unpaired) electrons. The van der Waals surface area contributed by atoms with Crippen LogP contribution in [0.25, 0.3) is 23.3 Å². The largest absolute Gasteiger partial charge is 0.478 e. The van der Waals surface area contributed by atoms with Gasteiger partial charge >= 0.3 is 12.1 Å². The second-order valence-corrected chi connectivity index (χ2v) is 7.74. The van der Waals surface area contributed by atoms with Crippen molar-refractivity contribution >= 4 is 24.2 Å². The molecule has 5 heteroatoms. The molecule has 5 nitrogen and oxygen atoms in total. The first-order valence-corrected chi connectivity index (χ1v) is 10.9. The molecule has 0 aliphatic heterocycles. The van der Waals surface area contributed by atoms with Gasteiger partial charge in [-0.1, -0.05) is 84.9 Å². The van der Waals surface area contributed by atoms with Gasteiger partial charge in [0.15, 0.2) is 0 Å². The molecule has 1 aliphatic rings. The van der Waals surface area contributed by atoms with E-state index in [-0.39, 0.29) is 5.92 Å². The summed E-state index contributed by atoms with van der Waals surface area (Å²) in [6.07, 6.45) is 6.73. The molecule has 1 aliphatic carbocycles. The Morgan fingerprint density at radius 1 is 0.848 bits per heavy atom. The first-order valence-electron chi connectivity index (χ1n) is 10.9. The number of carbonyl (C=O) groups is 2. The van der Waals surface area contributed by atoms with Gasteiger partial charge in [0.2, 0.25) is 0 Å². The van der Waals surface area contributed by atoms with Crippen molar-refractivity contribution in [1.82, 2.24) is 5.32 Å². The predicted molar refractivity (Wildman–Crippen MR) is 130 cm³/mol. The number of fused-ring (bicyclic) bond motifs is 3. The van der Waals surface area contributed by atoms with Crippen LogP contribution in [0.5, 0.6) is 0 Å². The van der Waals surface area contributed by atoms with Crippen LogP contribution in [-0.4, -0.2) is 30.3 Å². The first-order chi connectivity index (χ1) is 16.1. The summed E-state index contributed by atoms with van der Waals surface area (Å²) in [7, 11) is 0. The van der Waals surface area contributed by atoms with Crippen molar-refractivity contribution in [3.05, 3.63) is 107 Å². The Morgan fingerprint density at radius 2 is 1.42 bits per heavy atom. The Bertz CT molecular complexity index is 1170. The minimum atomic E-state index is -0.985. The van der Waals surface area contributed by atoms with E-state index >= 15 is 0 Å². The van der Waals surface area contributed by atoms with E-state index in [0.29, 0.717) is 19.6 Å². The molecule has 0 spiro atoms. The normalized spacial score (nSPS) is 12.6. The number of carbonyl (C=O) groups excluding carboxylic acids is 1. The summed E-state index contributed by atoms with van der Waals surface area (Å²) < 4.78 is 5.54. The lowest BCUT2D eigenvalue weighted by Gasteiger charge is -2.14. The highest BCUT2D eigenvalue weighted by molar-refractivity contribution is 5.86. The molecular formula is C28H25NO4. The molecule has 0 heterocycles. The van der Waals surface area contributed by atoms with E-state index in [1.807, 2.05) is 60.7 Å². The third kappa shape index (κ3) is 5.39. The molecule has 4 rings (SSSR count). The average Bonchev–Trinajstić information content (AvgIpc) is 3.15. The van der Waals surface area contributed by atoms with Gasteiger partial charge in [-0.25, -0.2) is 9.59 Å². The minimum absolute atomic E-state index is 0.0402. The van der Waals surface area contributed by atoms with Crippen LogP contribution in [0.3, 0.4) is 0 Å². The van der Waals surface area contributed by atoms with Gasteiger partial charge in [0.05, 0.1) is 0 Å². The molecule has 0 bridgehead atoms. The molecule has 166 valence electrons. The number of amides is 1. The van der Waals surface area contributed by atoms with E-state index in [9.17, 15) is 9.59 Å². The fraction of sp³-hybridized carbons (Fsp3) is 0.143. The summed E-state index contributed by atoms with van der Waals surface area (Å²) in [6.45, 7) is 0.735. The highest BCUT2D eigenvalue weighted by Crippen LogP contribution is 2.44. The maximum absolute atomic E-state index is 12.2. The zero-order chi connectivity index (χ0) is 23.0. The fourth-order valence-electron chi connectivity index (χ4n) is 4.09. The Hall–Kier alpha value is -4.12. The summed E-state index contributed by atoms with van der Waals surface area (Å²) >= 11 is 0. The van der Waals surface area contributed by atoms with E-state index < -0.39 is 12.1 Å². The van der Waals surface area contributed by atoms with E-state index in [0.717, 1.165) is 17.2 Å². The highest BCUT2D eigenvalue weighted by Gasteiger charge is 2.28. The summed E-state index contributed by atoms with van der Waals surface area (Å²) in [5.74, 6) is -0.945. The van der Waals surface area contributed by atoms with Gasteiger partial charge < -0.3 is 15.2 Å². The smallest absolute Gasteiger partial charge is 0.407 e. The number of rotatable bonds is 8. The standard InChI is InChI=1S/C28H25NO4/c30-27(31)17-16-21-10-2-1-9-20(21)11-7-8-18-29-28(32)33-19-26-24-14-5-3-12-22(24)23-13-4-6-15-25(23)26/h1-7,9-17,26H,8,18-19H2,(H,29,32)(H,30,31)/b11-7?,17-16+. The molecule has 1 amide bonds. The topological polar surface area (TPSA) is 75.6 Å². The Kier molecular flexibility index (Phi) is 7.00. The van der Waals surface area contributed by atoms with Crippen LogP contribution >= 0.6 is 0 Å². The molecule has 2 N–H and O–H groups in total. The van der Waals surface area contributed by atoms with Gasteiger partial charge in [-0.2, -0.15) is 0 Å². The lowest BCUT2D eigenvalue weighted by atomic mass is 9.98. The highest BCUT2D eigenvalue weighted by atomic mass is 16.5. The lowest BCUT2D eigenvalue weighted by molar-refractivity contribution is -0.131. The molecule has 0 atom stereocenters. The number of ether oxygens (including phenoxy) is 1. The number of alkyl carbamates (subject to hydrolysis) is 1. The van der Waals surface area contributed by atoms with E-state index in [1.54, 1.807) is 6.08 Å². The van der Waals surface area contributed by atoms with Crippen molar-refractivity contribution in [1.29, 1.82) is 0 Å². The predicted octanol–water partition coefficient (Wildman–Crippen LogP) is 5.73. The zero-order valence-corrected chi connectivity index (χ0v) is 18.1. The molecule has 0 fully saturated rings. The third-order valence-corrected chi connectivity index (χ3v) is 5.62. The molecule has 33 heavy (non-hydrogen) atoms. The maximum atomic E-state index is 12.2. The van der Waals surface area contributed by atoms with Gasteiger partial charge in [-0.05, 0) is 45.9 Å². The minimum Gasteiger partial charge on any atom is -0.478 e. The monoisotopic (exact) mass is 439 g/mol. The van der Waals surface area contributed by atoms with Crippen LogP contribution in [0, 0.1) is 0 Å². The maximum Gasteiger partial charge on any atom is 0.407 e. The van der Waals surface area contributed by atoms with Gasteiger partial charge in [-0.3, -0.25) is 0 Å². The van der Waals surface area contributed by atoms with E-state index in [2.05, 4.69) is 29.6 Å². The van der Waals surface area contributed by atoms with Crippen molar-refractivity contribution in [2.75, 3.05) is 13.2 Å². The van der Waals surface area contributed by atoms with E-state index in [1.165, 1.54) is 22.3 Å². The molecule has 3 aromatic rings. The molecule has 0 aromatic heterocycles. The van der Waals surface area contributed by atoms with Crippen LogP contribution < -0.4 is 5.32 Å². The summed E-state index contributed by atoms with van der Waals surface area (Å²) in [5.41, 5.74) is 6.50. The Balaban J connectivity index is 1.27. The third-order valence-electron chi connectivity index (χ3n) is 5.62. The summed E-state index contributed by atoms with van der Waals surface area (Å²) in [4.78, 5) is 23.0. The van der Waals surface area contributed by atoms with Crippen molar-refractivity contribution in [3.63, 3.8) is 0 Å². The second-order valence-electron chi connectivity index (χ2n) is 7.74. The quantitative estimate of drug-likeness (QED) is 0.347. The molecule has 3 aromatic carbocycles. The van der Waals surface area contributed by atoms with E-state index in [4.69, 9.17) is 9.84 Å². The number of hydrogen-bond donors (Lipinski definition) is 2. The number of benzene rings is 3. The van der Waals surface area contributed by atoms with Crippen LogP contribution in [0.2, 0.25) is 0 Å². The van der Waals surface area contributed by atoms with Crippen molar-refractivity contribution < 1.29 is 19.4 Å².